The molecule has 0 aromatic carbocycles. The summed E-state index contributed by atoms with van der Waals surface area (Å²) in [6, 6.07) is 0.397. The molecule has 10 heteroatoms. The van der Waals surface area contributed by atoms with Crippen LogP contribution in [0.4, 0.5) is 0 Å². The topological polar surface area (TPSA) is 99.5 Å². The predicted octanol–water partition coefficient (Wildman–Crippen LogP) is 1.71. The number of carbonyl (C=O) groups is 1. The van der Waals surface area contributed by atoms with Crippen LogP contribution in [0.3, 0.4) is 0 Å². The quantitative estimate of drug-likeness (QED) is 0.184. The Hall–Kier alpha value is -1.43. The summed E-state index contributed by atoms with van der Waals surface area (Å²) >= 11 is 0. The number of hydrogen-bond donors (Lipinski definition) is 3. The van der Waals surface area contributed by atoms with E-state index >= 15 is 0 Å². The Morgan fingerprint density at radius 3 is 2.66 bits per heavy atom. The van der Waals surface area contributed by atoms with Crippen molar-refractivity contribution in [1.29, 1.82) is 0 Å². The average Bonchev–Trinajstić information content (AvgIpc) is 3.01. The third kappa shape index (κ3) is 8.49. The fraction of sp³-hybridized carbons (Fsp3) is 0.818. The summed E-state index contributed by atoms with van der Waals surface area (Å²) in [4.78, 5) is 18.5. The maximum Gasteiger partial charge on any atom is 0.234 e. The van der Waals surface area contributed by atoms with Gasteiger partial charge in [-0.25, -0.2) is 0 Å². The van der Waals surface area contributed by atoms with Gasteiger partial charge in [-0.2, -0.15) is 0 Å². The lowest BCUT2D eigenvalue weighted by Crippen LogP contribution is -2.50. The Morgan fingerprint density at radius 1 is 1.09 bits per heavy atom. The fourth-order valence-corrected chi connectivity index (χ4v) is 4.33. The predicted molar refractivity (Wildman–Crippen MR) is 139 cm³/mol. The van der Waals surface area contributed by atoms with Gasteiger partial charge >= 0.3 is 0 Å². The van der Waals surface area contributed by atoms with E-state index in [1.165, 1.54) is 19.3 Å². The molecule has 1 saturated heterocycles. The summed E-state index contributed by atoms with van der Waals surface area (Å²) < 4.78 is 2.33. The highest BCUT2D eigenvalue weighted by molar-refractivity contribution is 14.0. The summed E-state index contributed by atoms with van der Waals surface area (Å²) in [6.45, 7) is 7.13. The summed E-state index contributed by atoms with van der Waals surface area (Å²) in [5.74, 6) is 3.28. The normalized spacial score (nSPS) is 17.8. The van der Waals surface area contributed by atoms with E-state index in [0.29, 0.717) is 12.6 Å². The molecule has 0 bridgehead atoms. The molecule has 1 fully saturated rings. The minimum absolute atomic E-state index is 0. The number of piperidine rings is 1. The van der Waals surface area contributed by atoms with Crippen LogP contribution in [0, 0.1) is 0 Å². The number of hydrogen-bond acceptors (Lipinski definition) is 5. The van der Waals surface area contributed by atoms with Crippen LogP contribution in [0.15, 0.2) is 4.99 Å². The number of carbonyl (C=O) groups excluding carboxylic acids is 1. The number of aliphatic imine (C=N–C) groups is 1. The van der Waals surface area contributed by atoms with Gasteiger partial charge in [0.1, 0.15) is 11.6 Å². The number of amides is 1. The molecule has 2 aliphatic rings. The molecular formula is C22H41IN8O. The maximum atomic E-state index is 11.9. The Balaban J connectivity index is 0.00000363. The Bertz CT molecular complexity index is 715. The second-order valence-corrected chi connectivity index (χ2v) is 8.64. The van der Waals surface area contributed by atoms with E-state index in [-0.39, 0.29) is 29.9 Å². The third-order valence-electron chi connectivity index (χ3n) is 6.15. The largest absolute Gasteiger partial charge is 0.356 e. The molecule has 182 valence electrons. The lowest BCUT2D eigenvalue weighted by molar-refractivity contribution is -0.122. The molecule has 0 radical (unpaired) electrons. The van der Waals surface area contributed by atoms with Crippen molar-refractivity contribution >= 4 is 35.8 Å². The van der Waals surface area contributed by atoms with Crippen molar-refractivity contribution in [3.63, 3.8) is 0 Å². The first kappa shape index (κ1) is 26.8. The number of halogens is 1. The van der Waals surface area contributed by atoms with Crippen molar-refractivity contribution in [3.05, 3.63) is 11.6 Å². The number of nitrogens with zero attached hydrogens (tertiary/aromatic N) is 5. The Labute approximate surface area is 209 Å². The molecule has 2 aliphatic heterocycles. The van der Waals surface area contributed by atoms with Crippen LogP contribution in [0.25, 0.3) is 0 Å². The molecule has 32 heavy (non-hydrogen) atoms. The lowest BCUT2D eigenvalue weighted by Gasteiger charge is -2.32. The van der Waals surface area contributed by atoms with Gasteiger partial charge in [0.05, 0.1) is 6.54 Å². The molecule has 0 atom stereocenters. The van der Waals surface area contributed by atoms with Crippen molar-refractivity contribution in [2.24, 2.45) is 4.99 Å². The summed E-state index contributed by atoms with van der Waals surface area (Å²) in [5, 5.41) is 18.8. The van der Waals surface area contributed by atoms with Crippen molar-refractivity contribution in [2.45, 2.75) is 77.3 Å². The van der Waals surface area contributed by atoms with Gasteiger partial charge < -0.3 is 20.5 Å². The van der Waals surface area contributed by atoms with Gasteiger partial charge in [-0.3, -0.25) is 14.7 Å². The van der Waals surface area contributed by atoms with E-state index in [9.17, 15) is 4.79 Å². The van der Waals surface area contributed by atoms with Crippen LogP contribution in [0.1, 0.15) is 63.5 Å². The standard InChI is InChI=1S/C22H40N8O.HI/c1-3-12-24-21(31)17-29-15-10-18(11-16-29)26-22(23-2)25-13-7-9-20-28-27-19-8-5-4-6-14-30(19)20;/h18H,3-17H2,1-2H3,(H,24,31)(H2,23,25,26);1H. The number of likely N-dealkylation sites (tertiary alicyclic amines) is 1. The van der Waals surface area contributed by atoms with Gasteiger partial charge in [0.2, 0.25) is 5.91 Å². The zero-order valence-electron chi connectivity index (χ0n) is 19.7. The SMILES string of the molecule is CCCNC(=O)CN1CCC(NC(=NC)NCCCc2nnc3n2CCCCC3)CC1.I. The zero-order chi connectivity index (χ0) is 21.9. The van der Waals surface area contributed by atoms with Gasteiger partial charge in [0.15, 0.2) is 5.96 Å². The Morgan fingerprint density at radius 2 is 1.91 bits per heavy atom. The Kier molecular flexibility index (Phi) is 12.3. The fourth-order valence-electron chi connectivity index (χ4n) is 4.33. The lowest BCUT2D eigenvalue weighted by atomic mass is 10.1. The van der Waals surface area contributed by atoms with Crippen molar-refractivity contribution in [3.8, 4) is 0 Å². The first-order chi connectivity index (χ1) is 15.2. The van der Waals surface area contributed by atoms with Crippen molar-refractivity contribution in [2.75, 3.05) is 39.8 Å². The summed E-state index contributed by atoms with van der Waals surface area (Å²) in [7, 11) is 1.82. The number of aryl methyl sites for hydroxylation is 2. The number of aromatic nitrogens is 3. The van der Waals surface area contributed by atoms with Crippen LogP contribution in [0.2, 0.25) is 0 Å². The van der Waals surface area contributed by atoms with E-state index < -0.39 is 0 Å². The number of rotatable bonds is 9. The molecule has 0 saturated carbocycles. The highest BCUT2D eigenvalue weighted by Gasteiger charge is 2.21. The van der Waals surface area contributed by atoms with Crippen molar-refractivity contribution < 1.29 is 4.79 Å². The zero-order valence-corrected chi connectivity index (χ0v) is 22.1. The van der Waals surface area contributed by atoms with E-state index in [1.807, 2.05) is 7.05 Å². The average molecular weight is 561 g/mol. The second-order valence-electron chi connectivity index (χ2n) is 8.64. The second kappa shape index (κ2) is 14.7. The molecule has 1 aromatic rings. The molecule has 3 rings (SSSR count). The van der Waals surface area contributed by atoms with Crippen LogP contribution in [-0.2, 0) is 24.2 Å². The molecule has 0 unspecified atom stereocenters. The van der Waals surface area contributed by atoms with Gasteiger partial charge in [-0.1, -0.05) is 13.3 Å². The highest BCUT2D eigenvalue weighted by Crippen LogP contribution is 2.15. The molecule has 0 aliphatic carbocycles. The number of fused-ring (bicyclic) bond motifs is 1. The first-order valence-electron chi connectivity index (χ1n) is 12.1. The number of nitrogens with one attached hydrogen (secondary N) is 3. The maximum absolute atomic E-state index is 11.9. The van der Waals surface area contributed by atoms with E-state index in [0.717, 1.165) is 88.9 Å². The first-order valence-corrected chi connectivity index (χ1v) is 12.1. The highest BCUT2D eigenvalue weighted by atomic mass is 127. The number of guanidine groups is 1. The molecule has 1 amide bonds. The minimum atomic E-state index is 0. The molecule has 0 spiro atoms. The molecule has 1 aromatic heterocycles. The molecule has 3 N–H and O–H groups in total. The van der Waals surface area contributed by atoms with Crippen LogP contribution >= 0.6 is 24.0 Å². The summed E-state index contributed by atoms with van der Waals surface area (Å²) in [6.07, 6.45) is 9.77. The van der Waals surface area contributed by atoms with Crippen LogP contribution in [-0.4, -0.2) is 77.3 Å². The van der Waals surface area contributed by atoms with E-state index in [2.05, 4.69) is 47.5 Å². The van der Waals surface area contributed by atoms with Crippen molar-refractivity contribution in [1.82, 2.24) is 35.6 Å². The van der Waals surface area contributed by atoms with Gasteiger partial charge in [0.25, 0.3) is 0 Å². The monoisotopic (exact) mass is 560 g/mol. The van der Waals surface area contributed by atoms with Gasteiger partial charge in [0, 0.05) is 58.7 Å². The third-order valence-corrected chi connectivity index (χ3v) is 6.15. The van der Waals surface area contributed by atoms with Gasteiger partial charge in [-0.15, -0.1) is 34.2 Å². The minimum Gasteiger partial charge on any atom is -0.356 e. The molecule has 3 heterocycles. The van der Waals surface area contributed by atoms with E-state index in [1.54, 1.807) is 0 Å². The summed E-state index contributed by atoms with van der Waals surface area (Å²) in [5.41, 5.74) is 0. The van der Waals surface area contributed by atoms with Gasteiger partial charge in [-0.05, 0) is 38.5 Å². The molecule has 9 nitrogen and oxygen atoms in total. The van der Waals surface area contributed by atoms with Crippen LogP contribution in [0.5, 0.6) is 0 Å². The molecular weight excluding hydrogens is 519 g/mol. The van der Waals surface area contributed by atoms with Crippen LogP contribution < -0.4 is 16.0 Å². The van der Waals surface area contributed by atoms with E-state index in [4.69, 9.17) is 0 Å². The smallest absolute Gasteiger partial charge is 0.234 e.